The monoisotopic (exact) mass is 832 g/mol. The highest BCUT2D eigenvalue weighted by Gasteiger charge is 2.18. The van der Waals surface area contributed by atoms with Gasteiger partial charge in [0.05, 0.1) is 0 Å². The van der Waals surface area contributed by atoms with Crippen molar-refractivity contribution in [2.24, 2.45) is 0 Å². The molecule has 0 aromatic heterocycles. The molecule has 0 amide bonds. The molecule has 11 rings (SSSR count). The molecule has 0 bridgehead atoms. The molecule has 0 radical (unpaired) electrons. The lowest BCUT2D eigenvalue weighted by atomic mass is 9.86. The van der Waals surface area contributed by atoms with Gasteiger partial charge in [-0.15, -0.1) is 0 Å². The maximum atomic E-state index is 2.38. The van der Waals surface area contributed by atoms with E-state index in [1.165, 1.54) is 85.2 Å². The van der Waals surface area contributed by atoms with Gasteiger partial charge in [0.25, 0.3) is 0 Å². The topological polar surface area (TPSA) is 6.48 Å². The van der Waals surface area contributed by atoms with Crippen LogP contribution in [-0.2, 0) is 12.8 Å². The second-order valence-corrected chi connectivity index (χ2v) is 17.0. The highest BCUT2D eigenvalue weighted by Crippen LogP contribution is 2.41. The van der Waals surface area contributed by atoms with Gasteiger partial charge in [-0.25, -0.2) is 0 Å². The van der Waals surface area contributed by atoms with Crippen LogP contribution >= 0.6 is 0 Å². The number of fused-ring (bicyclic) bond motifs is 1. The Labute approximate surface area is 383 Å². The highest BCUT2D eigenvalue weighted by atomic mass is 15.1. The minimum atomic E-state index is 1.10. The molecule has 0 fully saturated rings. The standard InChI is InChI=1S/C63H48N2/c1-45-21-23-46(24-22-45)51-11-8-12-52(41-51)49-31-37-61(38-32-49)65(63-20-10-15-55(44-63)57-28-26-47-25-27-56(47)43-57)62-39-33-50(34-40-62)54-14-9-13-53(42-54)48-29-35-60(36-30-48)64(58-16-4-2-5-17-58)59-18-6-3-7-19-59/h2-24,26,28-44H,25,27H2,1H3. The number of rotatable bonds is 11. The van der Waals surface area contributed by atoms with Crippen LogP contribution in [0.25, 0.3) is 55.6 Å². The summed E-state index contributed by atoms with van der Waals surface area (Å²) in [5, 5.41) is 0. The van der Waals surface area contributed by atoms with Crippen LogP contribution in [0, 0.1) is 6.92 Å². The molecular formula is C63H48N2. The maximum Gasteiger partial charge on any atom is 0.0467 e. The van der Waals surface area contributed by atoms with Crippen LogP contribution in [0.4, 0.5) is 34.1 Å². The minimum absolute atomic E-state index is 1.10. The van der Waals surface area contributed by atoms with E-state index in [0.29, 0.717) is 0 Å². The molecule has 0 saturated heterocycles. The van der Waals surface area contributed by atoms with Gasteiger partial charge >= 0.3 is 0 Å². The van der Waals surface area contributed by atoms with Crippen LogP contribution in [0.2, 0.25) is 0 Å². The normalized spacial score (nSPS) is 11.6. The second kappa shape index (κ2) is 17.5. The number of hydrogen-bond acceptors (Lipinski definition) is 2. The number of nitrogens with zero attached hydrogens (tertiary/aromatic N) is 2. The Bertz CT molecular complexity index is 3190. The van der Waals surface area contributed by atoms with E-state index in [4.69, 9.17) is 0 Å². The van der Waals surface area contributed by atoms with E-state index >= 15 is 0 Å². The third kappa shape index (κ3) is 8.26. The van der Waals surface area contributed by atoms with Gasteiger partial charge in [0, 0.05) is 34.1 Å². The van der Waals surface area contributed by atoms with E-state index < -0.39 is 0 Å². The lowest BCUT2D eigenvalue weighted by Crippen LogP contribution is -2.10. The Morgan fingerprint density at radius 2 is 0.554 bits per heavy atom. The van der Waals surface area contributed by atoms with Crippen LogP contribution in [-0.4, -0.2) is 0 Å². The van der Waals surface area contributed by atoms with E-state index in [0.717, 1.165) is 34.1 Å². The summed E-state index contributed by atoms with van der Waals surface area (Å²) < 4.78 is 0. The molecule has 0 saturated carbocycles. The van der Waals surface area contributed by atoms with E-state index in [1.807, 2.05) is 0 Å². The predicted molar refractivity (Wildman–Crippen MR) is 275 cm³/mol. The van der Waals surface area contributed by atoms with Crippen molar-refractivity contribution < 1.29 is 0 Å². The Hall–Kier alpha value is -8.20. The smallest absolute Gasteiger partial charge is 0.0467 e. The van der Waals surface area contributed by atoms with Crippen molar-refractivity contribution in [3.8, 4) is 55.6 Å². The molecule has 65 heavy (non-hydrogen) atoms. The van der Waals surface area contributed by atoms with Gasteiger partial charge in [0.2, 0.25) is 0 Å². The Kier molecular flexibility index (Phi) is 10.7. The number of hydrogen-bond donors (Lipinski definition) is 0. The molecule has 0 N–H and O–H groups in total. The molecule has 1 aliphatic rings. The number of aryl methyl sites for hydroxylation is 3. The Balaban J connectivity index is 0.904. The third-order valence-electron chi connectivity index (χ3n) is 12.8. The van der Waals surface area contributed by atoms with Gasteiger partial charge in [-0.3, -0.25) is 0 Å². The average molecular weight is 833 g/mol. The van der Waals surface area contributed by atoms with E-state index in [-0.39, 0.29) is 0 Å². The fourth-order valence-electron chi connectivity index (χ4n) is 9.16. The molecule has 0 spiro atoms. The van der Waals surface area contributed by atoms with Gasteiger partial charge in [0.15, 0.2) is 0 Å². The lowest BCUT2D eigenvalue weighted by molar-refractivity contribution is 0.840. The Morgan fingerprint density at radius 3 is 0.969 bits per heavy atom. The van der Waals surface area contributed by atoms with Crippen molar-refractivity contribution in [1.82, 2.24) is 0 Å². The van der Waals surface area contributed by atoms with Crippen molar-refractivity contribution in [3.05, 3.63) is 265 Å². The molecule has 10 aromatic carbocycles. The van der Waals surface area contributed by atoms with Crippen molar-refractivity contribution in [2.45, 2.75) is 19.8 Å². The fourth-order valence-corrected chi connectivity index (χ4v) is 9.16. The van der Waals surface area contributed by atoms with Gasteiger partial charge in [-0.05, 0) is 171 Å². The van der Waals surface area contributed by atoms with E-state index in [9.17, 15) is 0 Å². The molecule has 0 unspecified atom stereocenters. The fraction of sp³-hybridized carbons (Fsp3) is 0.0476. The van der Waals surface area contributed by atoms with Crippen LogP contribution in [0.1, 0.15) is 16.7 Å². The maximum absolute atomic E-state index is 2.38. The van der Waals surface area contributed by atoms with Crippen LogP contribution in [0.3, 0.4) is 0 Å². The third-order valence-corrected chi connectivity index (χ3v) is 12.8. The first-order valence-corrected chi connectivity index (χ1v) is 22.6. The van der Waals surface area contributed by atoms with Crippen LogP contribution < -0.4 is 9.80 Å². The summed E-state index contributed by atoms with van der Waals surface area (Å²) >= 11 is 0. The molecule has 2 nitrogen and oxygen atoms in total. The number of benzene rings is 10. The molecule has 0 aliphatic heterocycles. The van der Waals surface area contributed by atoms with Gasteiger partial charge in [-0.2, -0.15) is 0 Å². The van der Waals surface area contributed by atoms with E-state index in [2.05, 4.69) is 265 Å². The minimum Gasteiger partial charge on any atom is -0.311 e. The molecule has 0 heterocycles. The summed E-state index contributed by atoms with van der Waals surface area (Å²) in [5.41, 5.74) is 23.0. The predicted octanol–water partition coefficient (Wildman–Crippen LogP) is 17.4. The highest BCUT2D eigenvalue weighted by molar-refractivity contribution is 5.84. The van der Waals surface area contributed by atoms with Gasteiger partial charge < -0.3 is 9.80 Å². The second-order valence-electron chi connectivity index (χ2n) is 17.0. The van der Waals surface area contributed by atoms with Crippen molar-refractivity contribution >= 4 is 34.1 Å². The summed E-state index contributed by atoms with van der Waals surface area (Å²) in [5.74, 6) is 0. The van der Waals surface area contributed by atoms with E-state index in [1.54, 1.807) is 0 Å². The van der Waals surface area contributed by atoms with Gasteiger partial charge in [-0.1, -0.05) is 169 Å². The zero-order chi connectivity index (χ0) is 43.5. The number of para-hydroxylation sites is 2. The van der Waals surface area contributed by atoms with Gasteiger partial charge in [0.1, 0.15) is 0 Å². The molecule has 2 heteroatoms. The van der Waals surface area contributed by atoms with Crippen molar-refractivity contribution in [1.29, 1.82) is 0 Å². The molecule has 10 aromatic rings. The lowest BCUT2D eigenvalue weighted by Gasteiger charge is -2.27. The summed E-state index contributed by atoms with van der Waals surface area (Å²) in [4.78, 5) is 4.68. The first-order valence-electron chi connectivity index (χ1n) is 22.6. The van der Waals surface area contributed by atoms with Crippen molar-refractivity contribution in [2.75, 3.05) is 9.80 Å². The molecule has 310 valence electrons. The summed E-state index contributed by atoms with van der Waals surface area (Å²) in [6, 6.07) is 90.5. The average Bonchev–Trinajstić information content (AvgIpc) is 3.36. The first-order chi connectivity index (χ1) is 32.1. The summed E-state index contributed by atoms with van der Waals surface area (Å²) in [6.45, 7) is 2.13. The quantitative estimate of drug-likeness (QED) is 0.128. The van der Waals surface area contributed by atoms with Crippen LogP contribution in [0.15, 0.2) is 249 Å². The molecule has 0 atom stereocenters. The zero-order valence-electron chi connectivity index (χ0n) is 36.5. The van der Waals surface area contributed by atoms with Crippen LogP contribution in [0.5, 0.6) is 0 Å². The largest absolute Gasteiger partial charge is 0.311 e. The first kappa shape index (κ1) is 39.6. The molecular weight excluding hydrogens is 785 g/mol. The van der Waals surface area contributed by atoms with Crippen molar-refractivity contribution in [3.63, 3.8) is 0 Å². The number of anilines is 6. The molecule has 1 aliphatic carbocycles. The zero-order valence-corrected chi connectivity index (χ0v) is 36.5. The SMILES string of the molecule is Cc1ccc(-c2cccc(-c3ccc(N(c4ccc(-c5cccc(-c6ccc(N(c7ccccc7)c7ccccc7)cc6)c5)cc4)c4cccc(-c5ccc6c(c5)CC6)c4)cc3)c2)cc1. The Morgan fingerprint density at radius 1 is 0.231 bits per heavy atom. The summed E-state index contributed by atoms with van der Waals surface area (Å²) in [6.07, 6.45) is 2.35. The summed E-state index contributed by atoms with van der Waals surface area (Å²) in [7, 11) is 0.